The molecule has 1 aliphatic rings. The standard InChI is InChI=1S/C26H22Cl2O6.Na/c27-20-4-2-1-3-18(20)23(30)10-9-22(29)15-5-7-16(8-6-15)34-25-14-24-19(13-21(25)28)17(26(31)32)11-12-33-24;/h1-8,13-14,17,23,30H,9-12H2,(H,31,32);/q;+1/p-1. The van der Waals surface area contributed by atoms with Gasteiger partial charge < -0.3 is 24.5 Å². The van der Waals surface area contributed by atoms with E-state index in [4.69, 9.17) is 32.7 Å². The van der Waals surface area contributed by atoms with Crippen LogP contribution >= 0.6 is 23.2 Å². The maximum atomic E-state index is 12.6. The predicted octanol–water partition coefficient (Wildman–Crippen LogP) is 2.10. The van der Waals surface area contributed by atoms with Gasteiger partial charge in [-0.3, -0.25) is 4.79 Å². The van der Waals surface area contributed by atoms with Crippen LogP contribution in [0.4, 0.5) is 0 Å². The summed E-state index contributed by atoms with van der Waals surface area (Å²) in [6.45, 7) is 0.259. The van der Waals surface area contributed by atoms with Gasteiger partial charge in [-0.25, -0.2) is 0 Å². The second kappa shape index (κ2) is 12.3. The number of benzene rings is 3. The van der Waals surface area contributed by atoms with Crippen LogP contribution in [-0.4, -0.2) is 23.5 Å². The largest absolute Gasteiger partial charge is 1.00 e. The predicted molar refractivity (Wildman–Crippen MR) is 126 cm³/mol. The fraction of sp³-hybridized carbons (Fsp3) is 0.231. The van der Waals surface area contributed by atoms with E-state index in [1.807, 2.05) is 0 Å². The number of halogens is 2. The number of carbonyl (C=O) groups is 2. The number of carbonyl (C=O) groups excluding carboxylic acids is 2. The maximum absolute atomic E-state index is 12.6. The van der Waals surface area contributed by atoms with Gasteiger partial charge in [0.05, 0.1) is 17.7 Å². The third-order valence-electron chi connectivity index (χ3n) is 5.70. The van der Waals surface area contributed by atoms with E-state index in [9.17, 15) is 19.8 Å². The number of aliphatic carboxylic acids is 1. The Balaban J connectivity index is 0.00000342. The van der Waals surface area contributed by atoms with Crippen LogP contribution in [0.1, 0.15) is 52.8 Å². The summed E-state index contributed by atoms with van der Waals surface area (Å²) < 4.78 is 11.4. The number of aliphatic hydroxyl groups is 1. The van der Waals surface area contributed by atoms with Gasteiger partial charge in [0.15, 0.2) is 5.78 Å². The van der Waals surface area contributed by atoms with Crippen LogP contribution in [0.25, 0.3) is 0 Å². The minimum Gasteiger partial charge on any atom is -0.549 e. The topological polar surface area (TPSA) is 95.9 Å². The second-order valence-electron chi connectivity index (χ2n) is 7.95. The molecule has 0 fully saturated rings. The van der Waals surface area contributed by atoms with Crippen LogP contribution in [0.2, 0.25) is 10.0 Å². The molecule has 1 N–H and O–H groups in total. The molecule has 4 rings (SSSR count). The zero-order valence-corrected chi connectivity index (χ0v) is 22.5. The summed E-state index contributed by atoms with van der Waals surface area (Å²) in [5.74, 6) is -0.927. The molecule has 9 heteroatoms. The van der Waals surface area contributed by atoms with E-state index in [-0.39, 0.29) is 59.8 Å². The van der Waals surface area contributed by atoms with Crippen molar-refractivity contribution in [3.05, 3.63) is 87.4 Å². The molecule has 2 atom stereocenters. The van der Waals surface area contributed by atoms with E-state index in [0.29, 0.717) is 45.4 Å². The van der Waals surface area contributed by atoms with Gasteiger partial charge in [0.2, 0.25) is 0 Å². The van der Waals surface area contributed by atoms with Gasteiger partial charge in [0.25, 0.3) is 0 Å². The van der Waals surface area contributed by atoms with E-state index in [2.05, 4.69) is 0 Å². The Morgan fingerprint density at radius 1 is 1.09 bits per heavy atom. The molecule has 0 spiro atoms. The average molecular weight is 523 g/mol. The first-order valence-corrected chi connectivity index (χ1v) is 11.5. The SMILES string of the molecule is O=C(CCC(O)c1ccccc1Cl)c1ccc(Oc2cc3c(cc2Cl)C(C(=O)[O-])CCO3)cc1.[Na+]. The van der Waals surface area contributed by atoms with Crippen LogP contribution < -0.4 is 44.1 Å². The van der Waals surface area contributed by atoms with Crippen LogP contribution in [0.3, 0.4) is 0 Å². The molecule has 35 heavy (non-hydrogen) atoms. The number of carboxylic acid groups (broad SMARTS) is 1. The number of ether oxygens (including phenoxy) is 2. The van der Waals surface area contributed by atoms with Crippen molar-refractivity contribution in [3.63, 3.8) is 0 Å². The van der Waals surface area contributed by atoms with Crippen molar-refractivity contribution in [2.45, 2.75) is 31.3 Å². The quantitative estimate of drug-likeness (QED) is 0.359. The summed E-state index contributed by atoms with van der Waals surface area (Å²) in [7, 11) is 0. The van der Waals surface area contributed by atoms with Gasteiger partial charge in [0.1, 0.15) is 17.2 Å². The van der Waals surface area contributed by atoms with Gasteiger partial charge in [-0.05, 0) is 54.8 Å². The summed E-state index contributed by atoms with van der Waals surface area (Å²) in [6.07, 6.45) is -0.111. The summed E-state index contributed by atoms with van der Waals surface area (Å²) in [5, 5.41) is 22.4. The van der Waals surface area contributed by atoms with Crippen LogP contribution in [-0.2, 0) is 4.79 Å². The first-order valence-electron chi connectivity index (χ1n) is 10.7. The number of rotatable bonds is 8. The van der Waals surface area contributed by atoms with Crippen LogP contribution in [0.15, 0.2) is 60.7 Å². The van der Waals surface area contributed by atoms with E-state index < -0.39 is 18.0 Å². The molecular weight excluding hydrogens is 502 g/mol. The zero-order chi connectivity index (χ0) is 24.2. The molecule has 2 unspecified atom stereocenters. The van der Waals surface area contributed by atoms with E-state index in [0.717, 1.165) is 0 Å². The first kappa shape index (κ1) is 27.5. The van der Waals surface area contributed by atoms with Crippen molar-refractivity contribution in [1.29, 1.82) is 0 Å². The van der Waals surface area contributed by atoms with E-state index >= 15 is 0 Å². The Kier molecular flexibility index (Phi) is 9.64. The van der Waals surface area contributed by atoms with Crippen molar-refractivity contribution >= 4 is 35.0 Å². The minimum absolute atomic E-state index is 0. The number of hydrogen-bond acceptors (Lipinski definition) is 6. The van der Waals surface area contributed by atoms with Gasteiger partial charge in [-0.2, -0.15) is 0 Å². The number of ketones is 1. The number of fused-ring (bicyclic) bond motifs is 1. The van der Waals surface area contributed by atoms with Crippen molar-refractivity contribution in [3.8, 4) is 17.2 Å². The molecule has 6 nitrogen and oxygen atoms in total. The first-order chi connectivity index (χ1) is 16.3. The molecule has 0 saturated heterocycles. The normalized spacial score (nSPS) is 15.2. The van der Waals surface area contributed by atoms with Gasteiger partial charge in [-0.1, -0.05) is 41.4 Å². The minimum atomic E-state index is -1.17. The Hall–Kier alpha value is -2.06. The molecule has 0 saturated carbocycles. The molecule has 3 aromatic rings. The number of Topliss-reactive ketones (excluding diaryl/α,β-unsaturated/α-hetero) is 1. The summed E-state index contributed by atoms with van der Waals surface area (Å²) in [5.41, 5.74) is 1.54. The van der Waals surface area contributed by atoms with Crippen molar-refractivity contribution in [1.82, 2.24) is 0 Å². The summed E-state index contributed by atoms with van der Waals surface area (Å²) in [6, 6.07) is 16.6. The molecular formula is C26H21Cl2NaO6. The molecule has 0 aromatic heterocycles. The van der Waals surface area contributed by atoms with Crippen LogP contribution in [0.5, 0.6) is 17.2 Å². The summed E-state index contributed by atoms with van der Waals surface area (Å²) in [4.78, 5) is 23.9. The molecule has 3 aromatic carbocycles. The van der Waals surface area contributed by atoms with Gasteiger partial charge in [0, 0.05) is 40.5 Å². The fourth-order valence-electron chi connectivity index (χ4n) is 3.86. The molecule has 176 valence electrons. The smallest absolute Gasteiger partial charge is 0.549 e. The van der Waals surface area contributed by atoms with E-state index in [1.54, 1.807) is 54.6 Å². The maximum Gasteiger partial charge on any atom is 1.00 e. The molecule has 1 heterocycles. The second-order valence-corrected chi connectivity index (χ2v) is 8.77. The number of aliphatic hydroxyl groups excluding tert-OH is 1. The molecule has 0 radical (unpaired) electrons. The van der Waals surface area contributed by atoms with Crippen molar-refractivity contribution in [2.75, 3.05) is 6.61 Å². The van der Waals surface area contributed by atoms with Crippen molar-refractivity contribution < 1.29 is 58.8 Å². The molecule has 0 aliphatic carbocycles. The molecule has 1 aliphatic heterocycles. The average Bonchev–Trinajstić information content (AvgIpc) is 2.83. The van der Waals surface area contributed by atoms with E-state index in [1.165, 1.54) is 6.07 Å². The number of hydrogen-bond donors (Lipinski definition) is 1. The Bertz CT molecular complexity index is 1210. The van der Waals surface area contributed by atoms with Gasteiger partial charge in [-0.15, -0.1) is 0 Å². The van der Waals surface area contributed by atoms with Crippen molar-refractivity contribution in [2.24, 2.45) is 0 Å². The monoisotopic (exact) mass is 522 g/mol. The summed E-state index contributed by atoms with van der Waals surface area (Å²) >= 11 is 12.4. The third kappa shape index (κ3) is 6.58. The molecule has 0 amide bonds. The third-order valence-corrected chi connectivity index (χ3v) is 6.34. The number of carboxylic acids is 1. The van der Waals surface area contributed by atoms with Gasteiger partial charge >= 0.3 is 29.6 Å². The Labute approximate surface area is 235 Å². The molecule has 0 bridgehead atoms. The Morgan fingerprint density at radius 3 is 2.49 bits per heavy atom. The Morgan fingerprint density at radius 2 is 1.80 bits per heavy atom. The van der Waals surface area contributed by atoms with Crippen LogP contribution in [0, 0.1) is 0 Å². The zero-order valence-electron chi connectivity index (χ0n) is 19.0. The fourth-order valence-corrected chi connectivity index (χ4v) is 4.33.